The molecule has 102 valence electrons. The Morgan fingerprint density at radius 3 is 2.61 bits per heavy atom. The van der Waals surface area contributed by atoms with Crippen molar-refractivity contribution in [2.45, 2.75) is 26.3 Å². The molecule has 0 fully saturated rings. The lowest BCUT2D eigenvalue weighted by molar-refractivity contribution is 0.655. The Labute approximate surface area is 118 Å². The van der Waals surface area contributed by atoms with E-state index in [2.05, 4.69) is 38.3 Å². The molecule has 1 aromatic rings. The van der Waals surface area contributed by atoms with Crippen LogP contribution in [0.5, 0.6) is 0 Å². The van der Waals surface area contributed by atoms with Crippen LogP contribution in [0.4, 0.5) is 11.9 Å². The van der Waals surface area contributed by atoms with Crippen molar-refractivity contribution in [1.82, 2.24) is 15.0 Å². The minimum absolute atomic E-state index is 0.224. The Bertz CT molecular complexity index is 376. The fraction of sp³-hybridized carbons (Fsp3) is 0.727. The fourth-order valence-corrected chi connectivity index (χ4v) is 2.59. The Morgan fingerprint density at radius 1 is 1.33 bits per heavy atom. The first-order valence-corrected chi connectivity index (χ1v) is 7.76. The van der Waals surface area contributed by atoms with Crippen molar-refractivity contribution in [2.75, 3.05) is 35.8 Å². The molecule has 0 spiro atoms. The third kappa shape index (κ3) is 4.17. The molecular formula is C11H20ClN5S. The molecule has 1 N–H and O–H groups in total. The van der Waals surface area contributed by atoms with Gasteiger partial charge in [-0.3, -0.25) is 0 Å². The van der Waals surface area contributed by atoms with Gasteiger partial charge in [-0.2, -0.15) is 26.7 Å². The van der Waals surface area contributed by atoms with Crippen molar-refractivity contribution in [3.63, 3.8) is 0 Å². The van der Waals surface area contributed by atoms with Crippen LogP contribution in [0, 0.1) is 0 Å². The van der Waals surface area contributed by atoms with Gasteiger partial charge in [0.1, 0.15) is 0 Å². The van der Waals surface area contributed by atoms with Crippen molar-refractivity contribution >= 4 is 35.3 Å². The van der Waals surface area contributed by atoms with E-state index in [-0.39, 0.29) is 5.28 Å². The number of hydrogen-bond donors (Lipinski definition) is 1. The third-order valence-corrected chi connectivity index (χ3v) is 3.51. The number of aromatic nitrogens is 3. The molecule has 0 aliphatic heterocycles. The summed E-state index contributed by atoms with van der Waals surface area (Å²) in [6, 6.07) is 0.396. The van der Waals surface area contributed by atoms with Crippen LogP contribution in [-0.2, 0) is 0 Å². The first kappa shape index (κ1) is 15.3. The number of hydrogen-bond acceptors (Lipinski definition) is 6. The summed E-state index contributed by atoms with van der Waals surface area (Å²) in [5, 5.41) is 3.28. The summed E-state index contributed by atoms with van der Waals surface area (Å²) < 4.78 is 0. The first-order chi connectivity index (χ1) is 8.62. The summed E-state index contributed by atoms with van der Waals surface area (Å²) in [7, 11) is 1.99. The average Bonchev–Trinajstić information content (AvgIpc) is 2.35. The highest BCUT2D eigenvalue weighted by Crippen LogP contribution is 2.17. The highest BCUT2D eigenvalue weighted by atomic mass is 35.5. The summed E-state index contributed by atoms with van der Waals surface area (Å²) in [5.74, 6) is 2.18. The molecule has 0 bridgehead atoms. The molecule has 1 unspecified atom stereocenters. The SMILES string of the molecule is CCNc1nc(Cl)nc(N(C)C(CC)CSC)n1. The second-order valence-corrected chi connectivity index (χ2v) is 5.14. The Balaban J connectivity index is 2.92. The van der Waals surface area contributed by atoms with Gasteiger partial charge >= 0.3 is 0 Å². The molecule has 0 aliphatic carbocycles. The zero-order chi connectivity index (χ0) is 13.5. The molecule has 7 heteroatoms. The van der Waals surface area contributed by atoms with Gasteiger partial charge in [0.2, 0.25) is 17.2 Å². The van der Waals surface area contributed by atoms with Gasteiger partial charge in [-0.25, -0.2) is 0 Å². The monoisotopic (exact) mass is 289 g/mol. The largest absolute Gasteiger partial charge is 0.354 e. The van der Waals surface area contributed by atoms with Gasteiger partial charge in [0.05, 0.1) is 0 Å². The fourth-order valence-electron chi connectivity index (χ4n) is 1.59. The highest BCUT2D eigenvalue weighted by Gasteiger charge is 2.16. The van der Waals surface area contributed by atoms with Gasteiger partial charge < -0.3 is 10.2 Å². The van der Waals surface area contributed by atoms with Crippen LogP contribution in [0.1, 0.15) is 20.3 Å². The summed E-state index contributed by atoms with van der Waals surface area (Å²) in [4.78, 5) is 14.7. The molecule has 0 radical (unpaired) electrons. The normalized spacial score (nSPS) is 12.3. The molecule has 1 aromatic heterocycles. The van der Waals surface area contributed by atoms with Crippen LogP contribution in [0.25, 0.3) is 0 Å². The van der Waals surface area contributed by atoms with E-state index in [0.29, 0.717) is 17.9 Å². The maximum absolute atomic E-state index is 5.92. The van der Waals surface area contributed by atoms with Crippen molar-refractivity contribution in [1.29, 1.82) is 0 Å². The first-order valence-electron chi connectivity index (χ1n) is 5.99. The van der Waals surface area contributed by atoms with Crippen molar-refractivity contribution in [2.24, 2.45) is 0 Å². The number of rotatable bonds is 7. The van der Waals surface area contributed by atoms with Gasteiger partial charge in [0.15, 0.2) is 0 Å². The van der Waals surface area contributed by atoms with Crippen LogP contribution in [0.3, 0.4) is 0 Å². The summed E-state index contributed by atoms with van der Waals surface area (Å²) in [5.41, 5.74) is 0. The van der Waals surface area contributed by atoms with Crippen molar-refractivity contribution < 1.29 is 0 Å². The Kier molecular flexibility index (Phi) is 6.49. The predicted octanol–water partition coefficient (Wildman–Crippen LogP) is 2.53. The lowest BCUT2D eigenvalue weighted by atomic mass is 10.2. The van der Waals surface area contributed by atoms with Crippen LogP contribution in [0.2, 0.25) is 5.28 Å². The summed E-state index contributed by atoms with van der Waals surface area (Å²) in [6.07, 6.45) is 3.14. The van der Waals surface area contributed by atoms with Crippen molar-refractivity contribution in [3.05, 3.63) is 5.28 Å². The molecule has 1 heterocycles. The predicted molar refractivity (Wildman–Crippen MR) is 79.9 cm³/mol. The zero-order valence-electron chi connectivity index (χ0n) is 11.3. The maximum atomic E-state index is 5.92. The van der Waals surface area contributed by atoms with Crippen LogP contribution in [0.15, 0.2) is 0 Å². The Morgan fingerprint density at radius 2 is 2.06 bits per heavy atom. The second-order valence-electron chi connectivity index (χ2n) is 3.89. The lowest BCUT2D eigenvalue weighted by Crippen LogP contribution is -2.34. The molecule has 0 saturated carbocycles. The Hall–Kier alpha value is -0.750. The minimum atomic E-state index is 0.224. The molecule has 18 heavy (non-hydrogen) atoms. The molecule has 0 amide bonds. The topological polar surface area (TPSA) is 53.9 Å². The van der Waals surface area contributed by atoms with Gasteiger partial charge in [0, 0.05) is 25.4 Å². The smallest absolute Gasteiger partial charge is 0.231 e. The van der Waals surface area contributed by atoms with E-state index >= 15 is 0 Å². The third-order valence-electron chi connectivity index (χ3n) is 2.62. The zero-order valence-corrected chi connectivity index (χ0v) is 12.8. The van der Waals surface area contributed by atoms with E-state index in [1.807, 2.05) is 25.7 Å². The molecule has 5 nitrogen and oxygen atoms in total. The van der Waals surface area contributed by atoms with Crippen molar-refractivity contribution in [3.8, 4) is 0 Å². The maximum Gasteiger partial charge on any atom is 0.231 e. The number of nitrogens with zero attached hydrogens (tertiary/aromatic N) is 4. The van der Waals surface area contributed by atoms with E-state index in [1.54, 1.807) is 0 Å². The number of thioether (sulfide) groups is 1. The summed E-state index contributed by atoms with van der Waals surface area (Å²) >= 11 is 7.74. The van der Waals surface area contributed by atoms with E-state index in [1.165, 1.54) is 0 Å². The van der Waals surface area contributed by atoms with E-state index in [4.69, 9.17) is 11.6 Å². The van der Waals surface area contributed by atoms with Crippen LogP contribution >= 0.6 is 23.4 Å². The molecule has 0 aliphatic rings. The summed E-state index contributed by atoms with van der Waals surface area (Å²) in [6.45, 7) is 4.90. The second kappa shape index (κ2) is 7.63. The quantitative estimate of drug-likeness (QED) is 0.832. The number of nitrogens with one attached hydrogen (secondary N) is 1. The van der Waals surface area contributed by atoms with E-state index in [9.17, 15) is 0 Å². The van der Waals surface area contributed by atoms with E-state index < -0.39 is 0 Å². The molecule has 0 aromatic carbocycles. The number of halogens is 1. The molecular weight excluding hydrogens is 270 g/mol. The highest BCUT2D eigenvalue weighted by molar-refractivity contribution is 7.98. The molecule has 0 saturated heterocycles. The standard InChI is InChI=1S/C11H20ClN5S/c1-5-8(7-18-4)17(3)11-15-9(12)14-10(16-11)13-6-2/h8H,5-7H2,1-4H3,(H,13,14,15,16). The van der Waals surface area contributed by atoms with Gasteiger partial charge in [-0.05, 0) is 31.2 Å². The van der Waals surface area contributed by atoms with Gasteiger partial charge in [-0.15, -0.1) is 0 Å². The van der Waals surface area contributed by atoms with E-state index in [0.717, 1.165) is 18.7 Å². The molecule has 1 rings (SSSR count). The molecule has 1 atom stereocenters. The minimum Gasteiger partial charge on any atom is -0.354 e. The van der Waals surface area contributed by atoms with Gasteiger partial charge in [-0.1, -0.05) is 6.92 Å². The van der Waals surface area contributed by atoms with Gasteiger partial charge in [0.25, 0.3) is 0 Å². The lowest BCUT2D eigenvalue weighted by Gasteiger charge is -2.26. The average molecular weight is 290 g/mol. The van der Waals surface area contributed by atoms with Crippen LogP contribution in [-0.4, -0.2) is 46.6 Å². The number of anilines is 2. The van der Waals surface area contributed by atoms with Crippen LogP contribution < -0.4 is 10.2 Å².